The lowest BCUT2D eigenvalue weighted by molar-refractivity contribution is 0.311. The molecule has 1 aliphatic rings. The molecule has 5 nitrogen and oxygen atoms in total. The van der Waals surface area contributed by atoms with Gasteiger partial charge in [0.15, 0.2) is 5.65 Å². The third-order valence-corrected chi connectivity index (χ3v) is 5.85. The fourth-order valence-corrected chi connectivity index (χ4v) is 4.25. The Morgan fingerprint density at radius 3 is 2.46 bits per heavy atom. The van der Waals surface area contributed by atoms with Crippen molar-refractivity contribution in [3.05, 3.63) is 34.5 Å². The van der Waals surface area contributed by atoms with Crippen LogP contribution in [0.3, 0.4) is 0 Å². The number of nitrogens with zero attached hydrogens (tertiary/aromatic N) is 5. The Morgan fingerprint density at radius 2 is 1.79 bits per heavy atom. The molecular formula is C18H23N5S. The second-order valence-electron chi connectivity index (χ2n) is 6.61. The van der Waals surface area contributed by atoms with Gasteiger partial charge in [-0.2, -0.15) is 9.61 Å². The third-order valence-electron chi connectivity index (χ3n) is 4.96. The summed E-state index contributed by atoms with van der Waals surface area (Å²) in [5.41, 5.74) is 5.52. The van der Waals surface area contributed by atoms with Crippen LogP contribution in [0, 0.1) is 20.8 Å². The standard InChI is InChI=1S/C18H23N5S/c1-12-13(2)19-17-16(15-6-5-11-24-15)14(3)20-23(17)18(12)22-9-7-21(4)8-10-22/h5-6,11H,7-10H2,1-4H3. The van der Waals surface area contributed by atoms with Crippen molar-refractivity contribution in [1.82, 2.24) is 19.5 Å². The smallest absolute Gasteiger partial charge is 0.166 e. The molecule has 0 unspecified atom stereocenters. The Morgan fingerprint density at radius 1 is 1.04 bits per heavy atom. The average Bonchev–Trinajstić information content (AvgIpc) is 3.17. The molecule has 126 valence electrons. The molecule has 0 atom stereocenters. The number of thiophene rings is 1. The fraction of sp³-hybridized carbons (Fsp3) is 0.444. The molecule has 0 amide bonds. The first-order valence-electron chi connectivity index (χ1n) is 8.40. The lowest BCUT2D eigenvalue weighted by atomic mass is 10.2. The fourth-order valence-electron chi connectivity index (χ4n) is 3.43. The van der Waals surface area contributed by atoms with E-state index >= 15 is 0 Å². The molecule has 0 bridgehead atoms. The Labute approximate surface area is 146 Å². The van der Waals surface area contributed by atoms with Gasteiger partial charge in [0.05, 0.1) is 11.3 Å². The first-order valence-corrected chi connectivity index (χ1v) is 9.28. The molecule has 1 saturated heterocycles. The number of fused-ring (bicyclic) bond motifs is 1. The van der Waals surface area contributed by atoms with E-state index in [0.29, 0.717) is 0 Å². The van der Waals surface area contributed by atoms with Gasteiger partial charge < -0.3 is 9.80 Å². The minimum Gasteiger partial charge on any atom is -0.354 e. The quantitative estimate of drug-likeness (QED) is 0.717. The van der Waals surface area contributed by atoms with Gasteiger partial charge in [-0.1, -0.05) is 6.07 Å². The van der Waals surface area contributed by atoms with Crippen molar-refractivity contribution in [2.45, 2.75) is 20.8 Å². The Balaban J connectivity index is 1.93. The van der Waals surface area contributed by atoms with Crippen molar-refractivity contribution >= 4 is 22.8 Å². The van der Waals surface area contributed by atoms with Crippen LogP contribution in [-0.2, 0) is 0 Å². The second-order valence-corrected chi connectivity index (χ2v) is 7.56. The van der Waals surface area contributed by atoms with Crippen LogP contribution in [0.2, 0.25) is 0 Å². The zero-order chi connectivity index (χ0) is 16.8. The lowest BCUT2D eigenvalue weighted by Crippen LogP contribution is -2.45. The molecule has 0 N–H and O–H groups in total. The Hall–Kier alpha value is -1.92. The van der Waals surface area contributed by atoms with Crippen molar-refractivity contribution in [3.8, 4) is 10.4 Å². The van der Waals surface area contributed by atoms with Gasteiger partial charge in [-0.3, -0.25) is 0 Å². The largest absolute Gasteiger partial charge is 0.354 e. The molecule has 6 heteroatoms. The van der Waals surface area contributed by atoms with E-state index in [1.807, 2.05) is 0 Å². The van der Waals surface area contributed by atoms with E-state index in [9.17, 15) is 0 Å². The van der Waals surface area contributed by atoms with E-state index in [-0.39, 0.29) is 0 Å². The molecule has 4 rings (SSSR count). The van der Waals surface area contributed by atoms with Gasteiger partial charge in [0.2, 0.25) is 0 Å². The van der Waals surface area contributed by atoms with Gasteiger partial charge in [0.25, 0.3) is 0 Å². The summed E-state index contributed by atoms with van der Waals surface area (Å²) in [6.45, 7) is 10.6. The zero-order valence-electron chi connectivity index (χ0n) is 14.7. The lowest BCUT2D eigenvalue weighted by Gasteiger charge is -2.35. The van der Waals surface area contributed by atoms with Crippen LogP contribution in [0.1, 0.15) is 17.0 Å². The maximum atomic E-state index is 4.89. The number of rotatable bonds is 2. The second kappa shape index (κ2) is 5.86. The molecule has 0 spiro atoms. The number of piperazine rings is 1. The van der Waals surface area contributed by atoms with Crippen molar-refractivity contribution in [2.75, 3.05) is 38.1 Å². The first kappa shape index (κ1) is 15.6. The van der Waals surface area contributed by atoms with Crippen molar-refractivity contribution < 1.29 is 0 Å². The molecule has 0 aromatic carbocycles. The summed E-state index contributed by atoms with van der Waals surface area (Å²) in [5, 5.41) is 6.98. The minimum atomic E-state index is 0.979. The van der Waals surface area contributed by atoms with Gasteiger partial charge in [-0.25, -0.2) is 4.98 Å². The van der Waals surface area contributed by atoms with E-state index in [0.717, 1.165) is 43.2 Å². The van der Waals surface area contributed by atoms with Crippen LogP contribution >= 0.6 is 11.3 Å². The number of aromatic nitrogens is 3. The number of aryl methyl sites for hydroxylation is 2. The predicted molar refractivity (Wildman–Crippen MR) is 100 cm³/mol. The first-order chi connectivity index (χ1) is 11.6. The molecule has 1 aliphatic heterocycles. The molecule has 3 aromatic heterocycles. The summed E-state index contributed by atoms with van der Waals surface area (Å²) in [7, 11) is 2.19. The molecule has 0 radical (unpaired) electrons. The number of hydrogen-bond donors (Lipinski definition) is 0. The van der Waals surface area contributed by atoms with Gasteiger partial charge >= 0.3 is 0 Å². The predicted octanol–water partition coefficient (Wildman–Crippen LogP) is 3.13. The highest BCUT2D eigenvalue weighted by atomic mass is 32.1. The summed E-state index contributed by atoms with van der Waals surface area (Å²) in [5.74, 6) is 1.21. The van der Waals surface area contributed by atoms with Crippen molar-refractivity contribution in [3.63, 3.8) is 0 Å². The van der Waals surface area contributed by atoms with Gasteiger partial charge in [0.1, 0.15) is 5.82 Å². The van der Waals surface area contributed by atoms with E-state index in [2.05, 4.69) is 59.6 Å². The molecule has 0 saturated carbocycles. The summed E-state index contributed by atoms with van der Waals surface area (Å²) >= 11 is 1.75. The summed E-state index contributed by atoms with van der Waals surface area (Å²) < 4.78 is 2.07. The van der Waals surface area contributed by atoms with Crippen LogP contribution in [0.5, 0.6) is 0 Å². The van der Waals surface area contributed by atoms with Crippen LogP contribution in [0.25, 0.3) is 16.1 Å². The van der Waals surface area contributed by atoms with E-state index in [1.165, 1.54) is 21.8 Å². The highest BCUT2D eigenvalue weighted by molar-refractivity contribution is 7.13. The third kappa shape index (κ3) is 2.41. The van der Waals surface area contributed by atoms with Gasteiger partial charge in [-0.15, -0.1) is 11.3 Å². The normalized spacial score (nSPS) is 16.2. The Bertz CT molecular complexity index is 873. The summed E-state index contributed by atoms with van der Waals surface area (Å²) in [4.78, 5) is 11.0. The summed E-state index contributed by atoms with van der Waals surface area (Å²) in [6.07, 6.45) is 0. The topological polar surface area (TPSA) is 36.7 Å². The van der Waals surface area contributed by atoms with Crippen LogP contribution in [0.15, 0.2) is 17.5 Å². The van der Waals surface area contributed by atoms with E-state index < -0.39 is 0 Å². The zero-order valence-corrected chi connectivity index (χ0v) is 15.5. The van der Waals surface area contributed by atoms with Crippen LogP contribution in [-0.4, -0.2) is 52.7 Å². The van der Waals surface area contributed by atoms with E-state index in [1.54, 1.807) is 11.3 Å². The molecule has 1 fully saturated rings. The van der Waals surface area contributed by atoms with Crippen molar-refractivity contribution in [1.29, 1.82) is 0 Å². The molecule has 0 aliphatic carbocycles. The molecule has 4 heterocycles. The summed E-state index contributed by atoms with van der Waals surface area (Å²) in [6, 6.07) is 4.24. The monoisotopic (exact) mass is 341 g/mol. The number of anilines is 1. The maximum Gasteiger partial charge on any atom is 0.166 e. The van der Waals surface area contributed by atoms with Crippen molar-refractivity contribution in [2.24, 2.45) is 0 Å². The van der Waals surface area contributed by atoms with Crippen LogP contribution in [0.4, 0.5) is 5.82 Å². The molecule has 3 aromatic rings. The highest BCUT2D eigenvalue weighted by Gasteiger charge is 2.24. The SMILES string of the molecule is Cc1nc2c(-c3cccs3)c(C)nn2c(N2CCN(C)CC2)c1C. The molecular weight excluding hydrogens is 318 g/mol. The van der Waals surface area contributed by atoms with Gasteiger partial charge in [-0.05, 0) is 39.3 Å². The maximum absolute atomic E-state index is 4.89. The number of likely N-dealkylation sites (N-methyl/N-ethyl adjacent to an activating group) is 1. The minimum absolute atomic E-state index is 0.979. The van der Waals surface area contributed by atoms with Gasteiger partial charge in [0, 0.05) is 42.3 Å². The number of hydrogen-bond acceptors (Lipinski definition) is 5. The highest BCUT2D eigenvalue weighted by Crippen LogP contribution is 2.34. The van der Waals surface area contributed by atoms with Crippen LogP contribution < -0.4 is 4.90 Å². The molecule has 24 heavy (non-hydrogen) atoms. The Kier molecular flexibility index (Phi) is 3.81. The van der Waals surface area contributed by atoms with E-state index in [4.69, 9.17) is 10.1 Å². The average molecular weight is 341 g/mol.